The van der Waals surface area contributed by atoms with Gasteiger partial charge in [0.1, 0.15) is 0 Å². The lowest BCUT2D eigenvalue weighted by Crippen LogP contribution is -2.30. The minimum atomic E-state index is 0.0780. The summed E-state index contributed by atoms with van der Waals surface area (Å²) in [5.74, 6) is 1.42. The van der Waals surface area contributed by atoms with E-state index in [1.807, 2.05) is 23.6 Å². The van der Waals surface area contributed by atoms with Crippen LogP contribution in [0.2, 0.25) is 0 Å². The van der Waals surface area contributed by atoms with Crippen LogP contribution < -0.4 is 5.32 Å². The Hall–Kier alpha value is -0.220. The Morgan fingerprint density at radius 1 is 1.69 bits per heavy atom. The number of amides is 1. The normalized spacial score (nSPS) is 22.8. The van der Waals surface area contributed by atoms with Crippen molar-refractivity contribution in [1.29, 1.82) is 0 Å². The smallest absolute Gasteiger partial charge is 0.240 e. The van der Waals surface area contributed by atoms with Crippen LogP contribution >= 0.6 is 11.8 Å². The third-order valence-electron chi connectivity index (χ3n) is 2.32. The minimum Gasteiger partial charge on any atom is -0.329 e. The first-order chi connectivity index (χ1) is 6.29. The van der Waals surface area contributed by atoms with Crippen molar-refractivity contribution in [2.24, 2.45) is 0 Å². The number of thioether (sulfide) groups is 1. The average Bonchev–Trinajstić information content (AvgIpc) is 2.48. The van der Waals surface area contributed by atoms with Crippen LogP contribution in [0.5, 0.6) is 0 Å². The van der Waals surface area contributed by atoms with E-state index in [0.29, 0.717) is 0 Å². The summed E-state index contributed by atoms with van der Waals surface area (Å²) in [6.45, 7) is 3.69. The summed E-state index contributed by atoms with van der Waals surface area (Å²) in [4.78, 5) is 13.5. The van der Waals surface area contributed by atoms with Gasteiger partial charge < -0.3 is 4.90 Å². The quantitative estimate of drug-likeness (QED) is 0.673. The number of hydrogen-bond donors (Lipinski definition) is 1. The van der Waals surface area contributed by atoms with E-state index in [2.05, 4.69) is 11.6 Å². The molecule has 13 heavy (non-hydrogen) atoms. The zero-order valence-electron chi connectivity index (χ0n) is 8.38. The van der Waals surface area contributed by atoms with Gasteiger partial charge in [0.15, 0.2) is 0 Å². The van der Waals surface area contributed by atoms with E-state index in [1.165, 1.54) is 0 Å². The highest BCUT2D eigenvalue weighted by molar-refractivity contribution is 7.98. The Morgan fingerprint density at radius 3 is 3.00 bits per heavy atom. The van der Waals surface area contributed by atoms with Crippen molar-refractivity contribution in [2.45, 2.75) is 25.8 Å². The summed E-state index contributed by atoms with van der Waals surface area (Å²) in [5, 5.41) is 3.20. The zero-order chi connectivity index (χ0) is 9.68. The average molecular weight is 202 g/mol. The van der Waals surface area contributed by atoms with Gasteiger partial charge in [-0.25, -0.2) is 0 Å². The van der Waals surface area contributed by atoms with E-state index in [0.717, 1.165) is 31.8 Å². The lowest BCUT2D eigenvalue weighted by Gasteiger charge is -2.14. The maximum atomic E-state index is 11.6. The maximum absolute atomic E-state index is 11.6. The molecular weight excluding hydrogens is 184 g/mol. The van der Waals surface area contributed by atoms with E-state index in [9.17, 15) is 4.79 Å². The molecule has 1 N–H and O–H groups in total. The molecule has 1 atom stereocenters. The number of hydrogen-bond acceptors (Lipinski definition) is 3. The molecule has 4 heteroatoms. The topological polar surface area (TPSA) is 32.3 Å². The molecule has 1 amide bonds. The number of nitrogens with zero attached hydrogens (tertiary/aromatic N) is 1. The summed E-state index contributed by atoms with van der Waals surface area (Å²) in [6, 6.07) is 0.0780. The fourth-order valence-electron chi connectivity index (χ4n) is 1.51. The van der Waals surface area contributed by atoms with E-state index in [4.69, 9.17) is 0 Å². The molecule has 1 fully saturated rings. The first-order valence-electron chi connectivity index (χ1n) is 4.80. The SMILES string of the molecule is CCC1NCN(CCCSC)C1=O. The van der Waals surface area contributed by atoms with E-state index >= 15 is 0 Å². The molecule has 0 bridgehead atoms. The number of carbonyl (C=O) groups excluding carboxylic acids is 1. The van der Waals surface area contributed by atoms with Gasteiger partial charge in [0.05, 0.1) is 12.7 Å². The standard InChI is InChI=1S/C9H18N2OS/c1-3-8-9(12)11(7-10-8)5-4-6-13-2/h8,10H,3-7H2,1-2H3. The van der Waals surface area contributed by atoms with Crippen molar-refractivity contribution >= 4 is 17.7 Å². The lowest BCUT2D eigenvalue weighted by molar-refractivity contribution is -0.128. The summed E-state index contributed by atoms with van der Waals surface area (Å²) < 4.78 is 0. The van der Waals surface area contributed by atoms with Crippen LogP contribution in [0.4, 0.5) is 0 Å². The predicted octanol–water partition coefficient (Wildman–Crippen LogP) is 0.907. The molecule has 0 aromatic heterocycles. The van der Waals surface area contributed by atoms with Gasteiger partial charge in [0.25, 0.3) is 0 Å². The Labute approximate surface area is 84.2 Å². The Kier molecular flexibility index (Phi) is 4.59. The Bertz CT molecular complexity index is 175. The number of nitrogens with one attached hydrogen (secondary N) is 1. The van der Waals surface area contributed by atoms with Crippen LogP contribution in [0.15, 0.2) is 0 Å². The van der Waals surface area contributed by atoms with Crippen molar-refractivity contribution < 1.29 is 4.79 Å². The van der Waals surface area contributed by atoms with E-state index < -0.39 is 0 Å². The van der Waals surface area contributed by atoms with Gasteiger partial charge in [-0.3, -0.25) is 10.1 Å². The van der Waals surface area contributed by atoms with Crippen LogP contribution in [-0.4, -0.2) is 42.1 Å². The van der Waals surface area contributed by atoms with Gasteiger partial charge in [0, 0.05) is 6.54 Å². The summed E-state index contributed by atoms with van der Waals surface area (Å²) >= 11 is 1.83. The zero-order valence-corrected chi connectivity index (χ0v) is 9.19. The van der Waals surface area contributed by atoms with Crippen molar-refractivity contribution in [1.82, 2.24) is 10.2 Å². The highest BCUT2D eigenvalue weighted by atomic mass is 32.2. The second-order valence-electron chi connectivity index (χ2n) is 3.27. The summed E-state index contributed by atoms with van der Waals surface area (Å²) in [7, 11) is 0. The van der Waals surface area contributed by atoms with Gasteiger partial charge in [-0.15, -0.1) is 0 Å². The Balaban J connectivity index is 2.24. The van der Waals surface area contributed by atoms with E-state index in [1.54, 1.807) is 0 Å². The monoisotopic (exact) mass is 202 g/mol. The van der Waals surface area contributed by atoms with Crippen LogP contribution in [0.25, 0.3) is 0 Å². The highest BCUT2D eigenvalue weighted by Crippen LogP contribution is 2.07. The number of rotatable bonds is 5. The molecule has 0 spiro atoms. The fraction of sp³-hybridized carbons (Fsp3) is 0.889. The van der Waals surface area contributed by atoms with Crippen LogP contribution in [-0.2, 0) is 4.79 Å². The molecule has 1 unspecified atom stereocenters. The molecule has 1 aliphatic heterocycles. The molecule has 0 radical (unpaired) electrons. The summed E-state index contributed by atoms with van der Waals surface area (Å²) in [5.41, 5.74) is 0. The number of carbonyl (C=O) groups is 1. The van der Waals surface area contributed by atoms with Crippen molar-refractivity contribution in [3.8, 4) is 0 Å². The molecule has 1 rings (SSSR count). The second kappa shape index (κ2) is 5.50. The second-order valence-corrected chi connectivity index (χ2v) is 4.26. The molecule has 0 aliphatic carbocycles. The molecule has 0 saturated carbocycles. The predicted molar refractivity (Wildman–Crippen MR) is 56.8 cm³/mol. The van der Waals surface area contributed by atoms with Crippen molar-refractivity contribution in [3.05, 3.63) is 0 Å². The van der Waals surface area contributed by atoms with Crippen LogP contribution in [0.3, 0.4) is 0 Å². The largest absolute Gasteiger partial charge is 0.329 e. The first kappa shape index (κ1) is 10.9. The first-order valence-corrected chi connectivity index (χ1v) is 6.20. The van der Waals surface area contributed by atoms with Gasteiger partial charge in [-0.2, -0.15) is 11.8 Å². The van der Waals surface area contributed by atoms with Gasteiger partial charge >= 0.3 is 0 Å². The molecule has 0 aromatic carbocycles. The molecule has 1 heterocycles. The van der Waals surface area contributed by atoms with Gasteiger partial charge in [-0.05, 0) is 24.9 Å². The van der Waals surface area contributed by atoms with Crippen molar-refractivity contribution in [2.75, 3.05) is 25.2 Å². The minimum absolute atomic E-state index is 0.0780. The molecule has 1 aliphatic rings. The van der Waals surface area contributed by atoms with Crippen LogP contribution in [0.1, 0.15) is 19.8 Å². The third-order valence-corrected chi connectivity index (χ3v) is 3.02. The molecule has 76 valence electrons. The van der Waals surface area contributed by atoms with E-state index in [-0.39, 0.29) is 11.9 Å². The molecule has 1 saturated heterocycles. The maximum Gasteiger partial charge on any atom is 0.240 e. The fourth-order valence-corrected chi connectivity index (χ4v) is 1.93. The summed E-state index contributed by atoms with van der Waals surface area (Å²) in [6.07, 6.45) is 4.10. The molecule has 3 nitrogen and oxygen atoms in total. The van der Waals surface area contributed by atoms with Gasteiger partial charge in [-0.1, -0.05) is 6.92 Å². The van der Waals surface area contributed by atoms with Crippen molar-refractivity contribution in [3.63, 3.8) is 0 Å². The highest BCUT2D eigenvalue weighted by Gasteiger charge is 2.28. The molecule has 0 aromatic rings. The molecular formula is C9H18N2OS. The van der Waals surface area contributed by atoms with Crippen LogP contribution in [0, 0.1) is 0 Å². The third kappa shape index (κ3) is 2.88. The van der Waals surface area contributed by atoms with Gasteiger partial charge in [0.2, 0.25) is 5.91 Å². The Morgan fingerprint density at radius 2 is 2.46 bits per heavy atom. The lowest BCUT2D eigenvalue weighted by atomic mass is 10.2.